The van der Waals surface area contributed by atoms with Gasteiger partial charge in [-0.1, -0.05) is 12.1 Å². The van der Waals surface area contributed by atoms with Crippen molar-refractivity contribution in [1.29, 1.82) is 0 Å². The monoisotopic (exact) mass is 302 g/mol. The van der Waals surface area contributed by atoms with E-state index in [0.717, 1.165) is 12.8 Å². The van der Waals surface area contributed by atoms with Gasteiger partial charge >= 0.3 is 5.97 Å². The van der Waals surface area contributed by atoms with Crippen molar-refractivity contribution >= 4 is 17.4 Å². The number of rotatable bonds is 6. The Morgan fingerprint density at radius 3 is 2.45 bits per heavy atom. The fourth-order valence-corrected chi connectivity index (χ4v) is 2.18. The maximum Gasteiger partial charge on any atom is 0.374 e. The summed E-state index contributed by atoms with van der Waals surface area (Å²) in [6.07, 6.45) is 1.63. The van der Waals surface area contributed by atoms with Crippen molar-refractivity contribution in [3.05, 3.63) is 64.0 Å². The highest BCUT2D eigenvalue weighted by Crippen LogP contribution is 2.28. The highest BCUT2D eigenvalue weighted by Gasteiger charge is 2.24. The summed E-state index contributed by atoms with van der Waals surface area (Å²) in [5, 5.41) is 10.7. The molecule has 7 nitrogen and oxygen atoms in total. The maximum absolute atomic E-state index is 11.8. The summed E-state index contributed by atoms with van der Waals surface area (Å²) >= 11 is 0. The van der Waals surface area contributed by atoms with Crippen molar-refractivity contribution in [1.82, 2.24) is 4.98 Å². The zero-order valence-electron chi connectivity index (χ0n) is 11.8. The van der Waals surface area contributed by atoms with Gasteiger partial charge in [0.1, 0.15) is 0 Å². The van der Waals surface area contributed by atoms with E-state index in [1.54, 1.807) is 30.5 Å². The van der Waals surface area contributed by atoms with Crippen molar-refractivity contribution in [2.45, 2.75) is 12.3 Å². The molecule has 0 radical (unpaired) electrons. The molecule has 1 N–H and O–H groups in total. The number of Topliss-reactive ketones (excluding diaryl/α,β-unsaturated/α-hetero) is 1. The van der Waals surface area contributed by atoms with Crippen molar-refractivity contribution in [3.63, 3.8) is 0 Å². The SMILES string of the molecule is COC(=O)C(=O)CC(c1ccc([N+](=O)[O-])cc1)c1ccc[nH]1. The Morgan fingerprint density at radius 2 is 1.95 bits per heavy atom. The average molecular weight is 302 g/mol. The van der Waals surface area contributed by atoms with Gasteiger partial charge in [-0.3, -0.25) is 14.9 Å². The van der Waals surface area contributed by atoms with Gasteiger partial charge in [0.15, 0.2) is 0 Å². The Labute approximate surface area is 126 Å². The largest absolute Gasteiger partial charge is 0.463 e. The van der Waals surface area contributed by atoms with Crippen molar-refractivity contribution in [2.24, 2.45) is 0 Å². The number of non-ortho nitro benzene ring substituents is 1. The number of ether oxygens (including phenoxy) is 1. The van der Waals surface area contributed by atoms with E-state index in [-0.39, 0.29) is 12.1 Å². The second-order valence-corrected chi connectivity index (χ2v) is 4.65. The van der Waals surface area contributed by atoms with Gasteiger partial charge in [-0.25, -0.2) is 4.79 Å². The molecule has 0 aliphatic heterocycles. The van der Waals surface area contributed by atoms with E-state index in [1.165, 1.54) is 12.1 Å². The number of aromatic nitrogens is 1. The molecule has 0 aliphatic rings. The molecule has 1 heterocycles. The maximum atomic E-state index is 11.8. The number of H-pyrrole nitrogens is 1. The van der Waals surface area contributed by atoms with E-state index in [1.807, 2.05) is 0 Å². The summed E-state index contributed by atoms with van der Waals surface area (Å²) in [5.74, 6) is -1.96. The summed E-state index contributed by atoms with van der Waals surface area (Å²) in [6, 6.07) is 9.46. The normalized spacial score (nSPS) is 11.7. The molecular formula is C15H14N2O5. The third kappa shape index (κ3) is 3.38. The molecule has 7 heteroatoms. The molecule has 0 fully saturated rings. The molecule has 1 aromatic carbocycles. The van der Waals surface area contributed by atoms with Crippen LogP contribution in [0, 0.1) is 10.1 Å². The first-order valence-electron chi connectivity index (χ1n) is 6.51. The van der Waals surface area contributed by atoms with Gasteiger partial charge < -0.3 is 9.72 Å². The van der Waals surface area contributed by atoms with Crippen LogP contribution >= 0.6 is 0 Å². The van der Waals surface area contributed by atoms with E-state index in [0.29, 0.717) is 5.56 Å². The highest BCUT2D eigenvalue weighted by atomic mass is 16.6. The topological polar surface area (TPSA) is 102 Å². The van der Waals surface area contributed by atoms with E-state index in [9.17, 15) is 19.7 Å². The van der Waals surface area contributed by atoms with Crippen LogP contribution in [-0.4, -0.2) is 28.8 Å². The molecule has 2 rings (SSSR count). The van der Waals surface area contributed by atoms with Gasteiger partial charge in [-0.15, -0.1) is 0 Å². The zero-order chi connectivity index (χ0) is 16.1. The Kier molecular flexibility index (Phi) is 4.67. The molecule has 114 valence electrons. The number of ketones is 1. The van der Waals surface area contributed by atoms with Gasteiger partial charge in [0.2, 0.25) is 5.78 Å². The Hall–Kier alpha value is -2.96. The lowest BCUT2D eigenvalue weighted by Gasteiger charge is -2.15. The van der Waals surface area contributed by atoms with E-state index < -0.39 is 22.6 Å². The highest BCUT2D eigenvalue weighted by molar-refractivity contribution is 6.33. The third-order valence-corrected chi connectivity index (χ3v) is 3.31. The predicted octanol–water partition coefficient (Wildman–Crippen LogP) is 2.19. The molecule has 0 aliphatic carbocycles. The van der Waals surface area contributed by atoms with E-state index >= 15 is 0 Å². The fourth-order valence-electron chi connectivity index (χ4n) is 2.18. The molecule has 1 unspecified atom stereocenters. The minimum absolute atomic E-state index is 0.0340. The lowest BCUT2D eigenvalue weighted by atomic mass is 9.90. The number of carbonyl (C=O) groups is 2. The number of carbonyl (C=O) groups excluding carboxylic acids is 2. The minimum Gasteiger partial charge on any atom is -0.463 e. The molecule has 1 aromatic heterocycles. The number of aromatic amines is 1. The van der Waals surface area contributed by atoms with Gasteiger partial charge in [-0.2, -0.15) is 0 Å². The average Bonchev–Trinajstić information content (AvgIpc) is 3.05. The summed E-state index contributed by atoms with van der Waals surface area (Å²) in [6.45, 7) is 0. The molecule has 22 heavy (non-hydrogen) atoms. The van der Waals surface area contributed by atoms with Crippen molar-refractivity contribution < 1.29 is 19.2 Å². The number of nitro benzene ring substituents is 1. The Bertz CT molecular complexity index is 676. The number of esters is 1. The number of hydrogen-bond donors (Lipinski definition) is 1. The molecule has 2 aromatic rings. The van der Waals surface area contributed by atoms with Crippen LogP contribution in [0.5, 0.6) is 0 Å². The molecule has 0 bridgehead atoms. The molecule has 1 atom stereocenters. The van der Waals surface area contributed by atoms with Crippen LogP contribution in [0.2, 0.25) is 0 Å². The second-order valence-electron chi connectivity index (χ2n) is 4.65. The molecular weight excluding hydrogens is 288 g/mol. The number of benzene rings is 1. The quantitative estimate of drug-likeness (QED) is 0.381. The van der Waals surface area contributed by atoms with Crippen LogP contribution in [0.4, 0.5) is 5.69 Å². The summed E-state index contributed by atoms with van der Waals surface area (Å²) in [7, 11) is 1.15. The van der Waals surface area contributed by atoms with Gasteiger partial charge in [0.05, 0.1) is 12.0 Å². The van der Waals surface area contributed by atoms with Gasteiger partial charge in [0.25, 0.3) is 5.69 Å². The standard InChI is InChI=1S/C15H14N2O5/c1-22-15(19)14(18)9-12(13-3-2-8-16-13)10-4-6-11(7-5-10)17(20)21/h2-8,12,16H,9H2,1H3. The molecule has 0 spiro atoms. The summed E-state index contributed by atoms with van der Waals surface area (Å²) in [4.78, 5) is 36.4. The van der Waals surface area contributed by atoms with Crippen LogP contribution < -0.4 is 0 Å². The lowest BCUT2D eigenvalue weighted by Crippen LogP contribution is -2.19. The van der Waals surface area contributed by atoms with E-state index in [2.05, 4.69) is 9.72 Å². The molecule has 0 saturated heterocycles. The fraction of sp³-hybridized carbons (Fsp3) is 0.200. The van der Waals surface area contributed by atoms with Crippen LogP contribution in [0.1, 0.15) is 23.6 Å². The van der Waals surface area contributed by atoms with Crippen molar-refractivity contribution in [2.75, 3.05) is 7.11 Å². The Morgan fingerprint density at radius 1 is 1.27 bits per heavy atom. The van der Waals surface area contributed by atoms with Crippen LogP contribution in [0.25, 0.3) is 0 Å². The van der Waals surface area contributed by atoms with Crippen LogP contribution in [-0.2, 0) is 14.3 Å². The van der Waals surface area contributed by atoms with Gasteiger partial charge in [-0.05, 0) is 17.7 Å². The number of nitrogens with one attached hydrogen (secondary N) is 1. The van der Waals surface area contributed by atoms with Gasteiger partial charge in [0, 0.05) is 36.4 Å². The van der Waals surface area contributed by atoms with E-state index in [4.69, 9.17) is 0 Å². The Balaban J connectivity index is 2.30. The number of methoxy groups -OCH3 is 1. The van der Waals surface area contributed by atoms with Crippen molar-refractivity contribution in [3.8, 4) is 0 Å². The lowest BCUT2D eigenvalue weighted by molar-refractivity contribution is -0.384. The van der Waals surface area contributed by atoms with Crippen LogP contribution in [0.15, 0.2) is 42.6 Å². The molecule has 0 amide bonds. The first kappa shape index (κ1) is 15.4. The second kappa shape index (κ2) is 6.66. The predicted molar refractivity (Wildman–Crippen MR) is 77.4 cm³/mol. The number of nitro groups is 1. The third-order valence-electron chi connectivity index (χ3n) is 3.31. The smallest absolute Gasteiger partial charge is 0.374 e. The zero-order valence-corrected chi connectivity index (χ0v) is 11.8. The van der Waals surface area contributed by atoms with Crippen LogP contribution in [0.3, 0.4) is 0 Å². The summed E-state index contributed by atoms with van der Waals surface area (Å²) < 4.78 is 4.43. The number of hydrogen-bond acceptors (Lipinski definition) is 5. The minimum atomic E-state index is -0.904. The first-order valence-corrected chi connectivity index (χ1v) is 6.51. The number of nitrogens with zero attached hydrogens (tertiary/aromatic N) is 1. The summed E-state index contributed by atoms with van der Waals surface area (Å²) in [5.41, 5.74) is 1.41. The molecule has 0 saturated carbocycles. The first-order chi connectivity index (χ1) is 10.5.